The smallest absolute Gasteiger partial charge is 0.321 e. The number of carbonyl (C=O) groups is 2. The number of urea groups is 1. The minimum Gasteiger partial charge on any atom is -0.334 e. The number of fused-ring (bicyclic) bond motifs is 1. The average Bonchev–Trinajstić information content (AvgIpc) is 3.18. The van der Waals surface area contributed by atoms with Gasteiger partial charge < -0.3 is 10.6 Å². The molecular formula is C23H17Cl3N4O2S. The van der Waals surface area contributed by atoms with Crippen molar-refractivity contribution in [2.75, 3.05) is 10.6 Å². The average molecular weight is 520 g/mol. The number of anilines is 2. The molecular weight excluding hydrogens is 503 g/mol. The molecule has 0 aliphatic carbocycles. The number of halogens is 3. The lowest BCUT2D eigenvalue weighted by Crippen LogP contribution is -2.28. The van der Waals surface area contributed by atoms with Crippen molar-refractivity contribution >= 4 is 79.1 Å². The summed E-state index contributed by atoms with van der Waals surface area (Å²) >= 11 is 19.6. The van der Waals surface area contributed by atoms with E-state index in [0.717, 1.165) is 10.3 Å². The molecule has 3 amide bonds. The van der Waals surface area contributed by atoms with Gasteiger partial charge >= 0.3 is 6.03 Å². The molecule has 0 aliphatic rings. The molecule has 0 unspecified atom stereocenters. The highest BCUT2D eigenvalue weighted by atomic mass is 35.5. The Balaban J connectivity index is 1.43. The van der Waals surface area contributed by atoms with Crippen LogP contribution in [0.2, 0.25) is 15.1 Å². The first-order chi connectivity index (χ1) is 15.8. The Morgan fingerprint density at radius 3 is 2.52 bits per heavy atom. The van der Waals surface area contributed by atoms with Crippen molar-refractivity contribution in [1.82, 2.24) is 10.3 Å². The van der Waals surface area contributed by atoms with Gasteiger partial charge in [-0.1, -0.05) is 70.4 Å². The second-order valence-corrected chi connectivity index (χ2v) is 9.33. The van der Waals surface area contributed by atoms with Gasteiger partial charge in [0.05, 0.1) is 31.0 Å². The molecule has 0 saturated carbocycles. The van der Waals surface area contributed by atoms with Gasteiger partial charge in [-0.05, 0) is 48.4 Å². The number of rotatable bonds is 5. The summed E-state index contributed by atoms with van der Waals surface area (Å²) in [6, 6.07) is 15.3. The highest BCUT2D eigenvalue weighted by Crippen LogP contribution is 2.29. The van der Waals surface area contributed by atoms with Crippen molar-refractivity contribution in [3.8, 4) is 0 Å². The first-order valence-corrected chi connectivity index (χ1v) is 11.7. The number of thiazole rings is 1. The SMILES string of the molecule is Cc1cccc(Cl)c1NC(=O)c1ccc2nc(NC(=O)NCc3cccc(Cl)c3Cl)sc2c1. The molecule has 6 nitrogen and oxygen atoms in total. The molecule has 0 aliphatic heterocycles. The van der Waals surface area contributed by atoms with Crippen LogP contribution in [0.15, 0.2) is 54.6 Å². The van der Waals surface area contributed by atoms with Gasteiger partial charge in [-0.3, -0.25) is 10.1 Å². The van der Waals surface area contributed by atoms with Crippen LogP contribution in [-0.2, 0) is 6.54 Å². The van der Waals surface area contributed by atoms with E-state index in [1.807, 2.05) is 19.1 Å². The first kappa shape index (κ1) is 23.3. The number of aryl methyl sites for hydroxylation is 1. The van der Waals surface area contributed by atoms with Crippen molar-refractivity contribution in [2.45, 2.75) is 13.5 Å². The van der Waals surface area contributed by atoms with E-state index in [-0.39, 0.29) is 12.5 Å². The van der Waals surface area contributed by atoms with Crippen molar-refractivity contribution in [3.63, 3.8) is 0 Å². The van der Waals surface area contributed by atoms with E-state index in [1.54, 1.807) is 42.5 Å². The number of carbonyl (C=O) groups excluding carboxylic acids is 2. The summed E-state index contributed by atoms with van der Waals surface area (Å²) in [5, 5.41) is 9.98. The summed E-state index contributed by atoms with van der Waals surface area (Å²) < 4.78 is 0.756. The van der Waals surface area contributed by atoms with Crippen LogP contribution in [0.5, 0.6) is 0 Å². The fourth-order valence-corrected chi connectivity index (χ4v) is 4.65. The highest BCUT2D eigenvalue weighted by Gasteiger charge is 2.14. The lowest BCUT2D eigenvalue weighted by Gasteiger charge is -2.10. The van der Waals surface area contributed by atoms with E-state index in [2.05, 4.69) is 20.9 Å². The Kier molecular flexibility index (Phi) is 7.05. The van der Waals surface area contributed by atoms with E-state index in [1.165, 1.54) is 11.3 Å². The van der Waals surface area contributed by atoms with Crippen molar-refractivity contribution < 1.29 is 9.59 Å². The number of benzene rings is 3. The van der Waals surface area contributed by atoms with Crippen LogP contribution in [0.25, 0.3) is 10.2 Å². The number of hydrogen-bond acceptors (Lipinski definition) is 4. The summed E-state index contributed by atoms with van der Waals surface area (Å²) in [5.41, 5.74) is 3.27. The van der Waals surface area contributed by atoms with Crippen LogP contribution in [0.1, 0.15) is 21.5 Å². The maximum Gasteiger partial charge on any atom is 0.321 e. The number of nitrogens with zero attached hydrogens (tertiary/aromatic N) is 1. The van der Waals surface area contributed by atoms with Crippen LogP contribution in [0, 0.1) is 6.92 Å². The van der Waals surface area contributed by atoms with Crippen LogP contribution in [-0.4, -0.2) is 16.9 Å². The Hall–Kier alpha value is -2.84. The van der Waals surface area contributed by atoms with Crippen molar-refractivity contribution in [3.05, 3.63) is 86.4 Å². The van der Waals surface area contributed by atoms with Gasteiger partial charge in [0.15, 0.2) is 5.13 Å². The molecule has 0 radical (unpaired) electrons. The third kappa shape index (κ3) is 5.39. The second-order valence-electron chi connectivity index (χ2n) is 7.11. The van der Waals surface area contributed by atoms with E-state index >= 15 is 0 Å². The Bertz CT molecular complexity index is 1350. The van der Waals surface area contributed by atoms with Crippen LogP contribution >= 0.6 is 46.1 Å². The topological polar surface area (TPSA) is 83.1 Å². The van der Waals surface area contributed by atoms with Crippen molar-refractivity contribution in [1.29, 1.82) is 0 Å². The normalized spacial score (nSPS) is 10.8. The predicted molar refractivity (Wildman–Crippen MR) is 136 cm³/mol. The Morgan fingerprint density at radius 2 is 1.73 bits per heavy atom. The molecule has 10 heteroatoms. The third-order valence-electron chi connectivity index (χ3n) is 4.80. The molecule has 1 aromatic heterocycles. The lowest BCUT2D eigenvalue weighted by atomic mass is 10.1. The quantitative estimate of drug-likeness (QED) is 0.262. The summed E-state index contributed by atoms with van der Waals surface area (Å²) in [6.45, 7) is 2.08. The molecule has 0 spiro atoms. The number of amides is 3. The molecule has 0 saturated heterocycles. The molecule has 4 rings (SSSR count). The number of para-hydroxylation sites is 1. The van der Waals surface area contributed by atoms with E-state index < -0.39 is 6.03 Å². The van der Waals surface area contributed by atoms with Gasteiger partial charge in [-0.2, -0.15) is 0 Å². The number of hydrogen-bond donors (Lipinski definition) is 3. The molecule has 0 fully saturated rings. The maximum absolute atomic E-state index is 12.7. The monoisotopic (exact) mass is 518 g/mol. The van der Waals surface area contributed by atoms with Gasteiger partial charge in [0.2, 0.25) is 0 Å². The first-order valence-electron chi connectivity index (χ1n) is 9.76. The van der Waals surface area contributed by atoms with Gasteiger partial charge in [-0.25, -0.2) is 9.78 Å². The van der Waals surface area contributed by atoms with Crippen LogP contribution in [0.4, 0.5) is 15.6 Å². The highest BCUT2D eigenvalue weighted by molar-refractivity contribution is 7.22. The number of aromatic nitrogens is 1. The summed E-state index contributed by atoms with van der Waals surface area (Å²) in [7, 11) is 0. The van der Waals surface area contributed by atoms with E-state index in [4.69, 9.17) is 34.8 Å². The molecule has 0 bridgehead atoms. The van der Waals surface area contributed by atoms with Crippen LogP contribution < -0.4 is 16.0 Å². The van der Waals surface area contributed by atoms with Gasteiger partial charge in [-0.15, -0.1) is 0 Å². The summed E-state index contributed by atoms with van der Waals surface area (Å²) in [4.78, 5) is 29.4. The Labute approximate surface area is 208 Å². The standard InChI is InChI=1S/C23H17Cl3N4O2S/c1-12-4-2-7-16(25)20(12)29-21(31)13-8-9-17-18(10-13)33-23(28-17)30-22(32)27-11-14-5-3-6-15(24)19(14)26/h2-10H,11H2,1H3,(H,29,31)(H2,27,28,30,32). The molecule has 3 aromatic carbocycles. The summed E-state index contributed by atoms with van der Waals surface area (Å²) in [6.07, 6.45) is 0. The van der Waals surface area contributed by atoms with E-state index in [9.17, 15) is 9.59 Å². The molecule has 33 heavy (non-hydrogen) atoms. The van der Waals surface area contributed by atoms with Gasteiger partial charge in [0.1, 0.15) is 0 Å². The molecule has 0 atom stereocenters. The minimum atomic E-state index is -0.433. The third-order valence-corrected chi connectivity index (χ3v) is 6.91. The molecule has 3 N–H and O–H groups in total. The minimum absolute atomic E-state index is 0.210. The van der Waals surface area contributed by atoms with Gasteiger partial charge in [0.25, 0.3) is 5.91 Å². The maximum atomic E-state index is 12.7. The number of nitrogens with one attached hydrogen (secondary N) is 3. The zero-order valence-electron chi connectivity index (χ0n) is 17.2. The fraction of sp³-hybridized carbons (Fsp3) is 0.0870. The zero-order chi connectivity index (χ0) is 23.5. The molecule has 4 aromatic rings. The largest absolute Gasteiger partial charge is 0.334 e. The second kappa shape index (κ2) is 9.97. The zero-order valence-corrected chi connectivity index (χ0v) is 20.3. The summed E-state index contributed by atoms with van der Waals surface area (Å²) in [5.74, 6) is -0.285. The molecule has 168 valence electrons. The molecule has 1 heterocycles. The van der Waals surface area contributed by atoms with Crippen molar-refractivity contribution in [2.24, 2.45) is 0 Å². The van der Waals surface area contributed by atoms with Crippen LogP contribution in [0.3, 0.4) is 0 Å². The van der Waals surface area contributed by atoms with E-state index in [0.29, 0.717) is 42.5 Å². The predicted octanol–water partition coefficient (Wildman–Crippen LogP) is 7.14. The van der Waals surface area contributed by atoms with Gasteiger partial charge in [0, 0.05) is 12.1 Å². The fourth-order valence-electron chi connectivity index (χ4n) is 3.10. The lowest BCUT2D eigenvalue weighted by molar-refractivity contribution is 0.102. The Morgan fingerprint density at radius 1 is 0.970 bits per heavy atom.